The molecule has 5 nitrogen and oxygen atoms in total. The van der Waals surface area contributed by atoms with E-state index in [0.717, 1.165) is 31.6 Å². The second-order valence-electron chi connectivity index (χ2n) is 7.95. The Morgan fingerprint density at radius 2 is 1.71 bits per heavy atom. The Bertz CT molecular complexity index is 1320. The molecule has 0 atom stereocenters. The van der Waals surface area contributed by atoms with Crippen molar-refractivity contribution in [1.82, 2.24) is 0 Å². The first-order chi connectivity index (χ1) is 16.9. The molecule has 0 N–H and O–H groups in total. The van der Waals surface area contributed by atoms with E-state index in [9.17, 15) is 4.79 Å². The SMILES string of the molecule is C=CCOc1c(I)cc(/C=C2\SC(=Nc3ccc(C)cc3)N(c3ccc(C)cc3)C2=O)cc1OC. The molecule has 1 amide bonds. The van der Waals surface area contributed by atoms with E-state index in [2.05, 4.69) is 29.2 Å². The third kappa shape index (κ3) is 5.79. The minimum Gasteiger partial charge on any atom is -0.493 e. The summed E-state index contributed by atoms with van der Waals surface area (Å²) in [7, 11) is 1.60. The van der Waals surface area contributed by atoms with Crippen LogP contribution in [0.15, 0.2) is 83.2 Å². The topological polar surface area (TPSA) is 51.1 Å². The van der Waals surface area contributed by atoms with Gasteiger partial charge in [0.1, 0.15) is 6.61 Å². The molecule has 0 saturated carbocycles. The first-order valence-corrected chi connectivity index (χ1v) is 12.9. The number of ether oxygens (including phenoxy) is 2. The molecular weight excluding hydrogens is 571 g/mol. The van der Waals surface area contributed by atoms with Gasteiger partial charge < -0.3 is 9.47 Å². The van der Waals surface area contributed by atoms with Crippen LogP contribution in [0.4, 0.5) is 11.4 Å². The van der Waals surface area contributed by atoms with E-state index in [1.807, 2.05) is 80.6 Å². The molecule has 0 unspecified atom stereocenters. The van der Waals surface area contributed by atoms with Crippen LogP contribution in [0.2, 0.25) is 0 Å². The number of hydrogen-bond acceptors (Lipinski definition) is 5. The van der Waals surface area contributed by atoms with Crippen LogP contribution < -0.4 is 14.4 Å². The summed E-state index contributed by atoms with van der Waals surface area (Å²) >= 11 is 3.57. The van der Waals surface area contributed by atoms with Gasteiger partial charge in [-0.2, -0.15) is 0 Å². The van der Waals surface area contributed by atoms with Gasteiger partial charge in [-0.3, -0.25) is 9.69 Å². The van der Waals surface area contributed by atoms with Crippen LogP contribution in [0, 0.1) is 17.4 Å². The molecule has 3 aromatic carbocycles. The minimum absolute atomic E-state index is 0.120. The minimum atomic E-state index is -0.120. The number of anilines is 1. The maximum Gasteiger partial charge on any atom is 0.271 e. The Labute approximate surface area is 223 Å². The van der Waals surface area contributed by atoms with Gasteiger partial charge in [0, 0.05) is 0 Å². The Morgan fingerprint density at radius 3 is 2.34 bits per heavy atom. The van der Waals surface area contributed by atoms with Gasteiger partial charge in [0.05, 0.1) is 27.0 Å². The molecule has 1 fully saturated rings. The average molecular weight is 596 g/mol. The maximum atomic E-state index is 13.6. The summed E-state index contributed by atoms with van der Waals surface area (Å²) in [5.74, 6) is 1.14. The molecular formula is C28H25IN2O3S. The van der Waals surface area contributed by atoms with E-state index in [-0.39, 0.29) is 5.91 Å². The van der Waals surface area contributed by atoms with Crippen LogP contribution in [-0.2, 0) is 4.79 Å². The van der Waals surface area contributed by atoms with Gasteiger partial charge in [-0.15, -0.1) is 0 Å². The first kappa shape index (κ1) is 25.1. The Kier molecular flexibility index (Phi) is 7.97. The fraction of sp³-hybridized carbons (Fsp3) is 0.143. The number of carbonyl (C=O) groups excluding carboxylic acids is 1. The number of nitrogens with zero attached hydrogens (tertiary/aromatic N) is 2. The van der Waals surface area contributed by atoms with E-state index >= 15 is 0 Å². The largest absolute Gasteiger partial charge is 0.493 e. The van der Waals surface area contributed by atoms with Crippen molar-refractivity contribution in [2.45, 2.75) is 13.8 Å². The van der Waals surface area contributed by atoms with Crippen molar-refractivity contribution in [3.05, 3.63) is 98.5 Å². The molecule has 7 heteroatoms. The third-order valence-electron chi connectivity index (χ3n) is 5.25. The normalized spacial score (nSPS) is 15.7. The predicted molar refractivity (Wildman–Crippen MR) is 154 cm³/mol. The second kappa shape index (κ2) is 11.1. The zero-order chi connectivity index (χ0) is 24.9. The number of aryl methyl sites for hydroxylation is 2. The Morgan fingerprint density at radius 1 is 1.06 bits per heavy atom. The molecule has 3 aromatic rings. The highest BCUT2D eigenvalue weighted by atomic mass is 127. The molecule has 35 heavy (non-hydrogen) atoms. The average Bonchev–Trinajstić information content (AvgIpc) is 3.14. The Balaban J connectivity index is 1.75. The van der Waals surface area contributed by atoms with E-state index < -0.39 is 0 Å². The number of carbonyl (C=O) groups is 1. The number of halogens is 1. The van der Waals surface area contributed by atoms with E-state index in [0.29, 0.717) is 28.2 Å². The van der Waals surface area contributed by atoms with Crippen LogP contribution in [-0.4, -0.2) is 24.8 Å². The zero-order valence-corrected chi connectivity index (χ0v) is 22.7. The van der Waals surface area contributed by atoms with E-state index in [4.69, 9.17) is 14.5 Å². The highest BCUT2D eigenvalue weighted by molar-refractivity contribution is 14.1. The summed E-state index contributed by atoms with van der Waals surface area (Å²) in [6.45, 7) is 8.14. The standard InChI is InChI=1S/C28H25IN2O3S/c1-5-14-34-26-23(29)15-20(16-24(26)33-4)17-25-27(32)31(22-12-8-19(3)9-13-22)28(35-25)30-21-10-6-18(2)7-11-21/h5-13,15-17H,1,14H2,2-4H3/b25-17-,30-28?. The lowest BCUT2D eigenvalue weighted by atomic mass is 10.1. The summed E-state index contributed by atoms with van der Waals surface area (Å²) in [6, 6.07) is 19.6. The van der Waals surface area contributed by atoms with Crippen molar-refractivity contribution in [1.29, 1.82) is 0 Å². The number of amidine groups is 1. The van der Waals surface area contributed by atoms with Crippen molar-refractivity contribution in [3.8, 4) is 11.5 Å². The number of methoxy groups -OCH3 is 1. The van der Waals surface area contributed by atoms with Crippen molar-refractivity contribution in [3.63, 3.8) is 0 Å². The van der Waals surface area contributed by atoms with Crippen molar-refractivity contribution < 1.29 is 14.3 Å². The quantitative estimate of drug-likeness (QED) is 0.163. The van der Waals surface area contributed by atoms with E-state index in [1.54, 1.807) is 18.1 Å². The Hall–Kier alpha value is -3.04. The molecule has 0 bridgehead atoms. The lowest BCUT2D eigenvalue weighted by Crippen LogP contribution is -2.28. The van der Waals surface area contributed by atoms with Gasteiger partial charge in [-0.05, 0) is 96.2 Å². The van der Waals surface area contributed by atoms with Gasteiger partial charge >= 0.3 is 0 Å². The zero-order valence-electron chi connectivity index (χ0n) is 19.7. The van der Waals surface area contributed by atoms with Crippen molar-refractivity contribution in [2.75, 3.05) is 18.6 Å². The van der Waals surface area contributed by atoms with Crippen LogP contribution in [0.3, 0.4) is 0 Å². The maximum absolute atomic E-state index is 13.6. The lowest BCUT2D eigenvalue weighted by Gasteiger charge is -2.16. The summed E-state index contributed by atoms with van der Waals surface area (Å²) in [5, 5.41) is 0.613. The van der Waals surface area contributed by atoms with Crippen molar-refractivity contribution >= 4 is 62.9 Å². The summed E-state index contributed by atoms with van der Waals surface area (Å²) in [6.07, 6.45) is 3.56. The van der Waals surface area contributed by atoms with Crippen molar-refractivity contribution in [2.24, 2.45) is 4.99 Å². The fourth-order valence-electron chi connectivity index (χ4n) is 3.46. The highest BCUT2D eigenvalue weighted by Crippen LogP contribution is 2.39. The third-order valence-corrected chi connectivity index (χ3v) is 7.02. The second-order valence-corrected chi connectivity index (χ2v) is 10.1. The smallest absolute Gasteiger partial charge is 0.271 e. The lowest BCUT2D eigenvalue weighted by molar-refractivity contribution is -0.113. The number of thioether (sulfide) groups is 1. The summed E-state index contributed by atoms with van der Waals surface area (Å²) in [5.41, 5.74) is 4.70. The van der Waals surface area contributed by atoms with Gasteiger partial charge in [-0.25, -0.2) is 4.99 Å². The van der Waals surface area contributed by atoms with Crippen LogP contribution in [0.5, 0.6) is 11.5 Å². The van der Waals surface area contributed by atoms with Crippen LogP contribution in [0.1, 0.15) is 16.7 Å². The molecule has 0 spiro atoms. The summed E-state index contributed by atoms with van der Waals surface area (Å²) < 4.78 is 12.2. The van der Waals surface area contributed by atoms with Gasteiger partial charge in [0.15, 0.2) is 16.7 Å². The number of rotatable bonds is 7. The molecule has 4 rings (SSSR count). The number of hydrogen-bond donors (Lipinski definition) is 0. The molecule has 1 saturated heterocycles. The number of benzene rings is 3. The monoisotopic (exact) mass is 596 g/mol. The molecule has 1 heterocycles. The fourth-order valence-corrected chi connectivity index (χ4v) is 5.24. The first-order valence-electron chi connectivity index (χ1n) is 11.0. The highest BCUT2D eigenvalue weighted by Gasteiger charge is 2.35. The van der Waals surface area contributed by atoms with Gasteiger partial charge in [-0.1, -0.05) is 48.0 Å². The molecule has 1 aliphatic rings. The number of aliphatic imine (C=N–C) groups is 1. The number of amides is 1. The van der Waals surface area contributed by atoms with Crippen LogP contribution >= 0.6 is 34.4 Å². The van der Waals surface area contributed by atoms with Gasteiger partial charge in [0.2, 0.25) is 0 Å². The molecule has 0 aromatic heterocycles. The molecule has 0 radical (unpaired) electrons. The molecule has 178 valence electrons. The van der Waals surface area contributed by atoms with E-state index in [1.165, 1.54) is 11.8 Å². The predicted octanol–water partition coefficient (Wildman–Crippen LogP) is 7.29. The molecule has 1 aliphatic heterocycles. The van der Waals surface area contributed by atoms with Crippen LogP contribution in [0.25, 0.3) is 6.08 Å². The molecule has 0 aliphatic carbocycles. The summed E-state index contributed by atoms with van der Waals surface area (Å²) in [4.78, 5) is 20.6. The van der Waals surface area contributed by atoms with Gasteiger partial charge in [0.25, 0.3) is 5.91 Å².